The van der Waals surface area contributed by atoms with Gasteiger partial charge >= 0.3 is 0 Å². The van der Waals surface area contributed by atoms with Gasteiger partial charge in [0.25, 0.3) is 0 Å². The molecule has 3 rings (SSSR count). The molecule has 0 atom stereocenters. The average molecular weight is 336 g/mol. The number of hydrogen-bond acceptors (Lipinski definition) is 3. The molecule has 0 fully saturated rings. The molecule has 1 aliphatic heterocycles. The standard InChI is InChI=1S/C16H11Cl2NO3/c17-11-3-4-12(18)13(8-11)19-16(20)6-2-10-1-5-14-15(7-10)22-9-21-14/h1-8H,9H2,(H,19,20). The van der Waals surface area contributed by atoms with Gasteiger partial charge in [0.2, 0.25) is 12.7 Å². The zero-order valence-corrected chi connectivity index (χ0v) is 12.8. The van der Waals surface area contributed by atoms with Crippen LogP contribution in [0.3, 0.4) is 0 Å². The van der Waals surface area contributed by atoms with E-state index in [-0.39, 0.29) is 12.7 Å². The summed E-state index contributed by atoms with van der Waals surface area (Å²) in [7, 11) is 0. The summed E-state index contributed by atoms with van der Waals surface area (Å²) < 4.78 is 10.5. The molecule has 0 saturated heterocycles. The van der Waals surface area contributed by atoms with Crippen LogP contribution in [-0.2, 0) is 4.79 Å². The zero-order valence-electron chi connectivity index (χ0n) is 11.3. The summed E-state index contributed by atoms with van der Waals surface area (Å²) in [6, 6.07) is 10.3. The molecular formula is C16H11Cl2NO3. The Hall–Kier alpha value is -2.17. The molecule has 2 aromatic rings. The highest BCUT2D eigenvalue weighted by molar-refractivity contribution is 6.35. The molecule has 2 aromatic carbocycles. The Morgan fingerprint density at radius 3 is 2.77 bits per heavy atom. The van der Waals surface area contributed by atoms with Gasteiger partial charge in [0.15, 0.2) is 11.5 Å². The van der Waals surface area contributed by atoms with Crippen molar-refractivity contribution in [3.63, 3.8) is 0 Å². The maximum atomic E-state index is 11.9. The molecule has 1 aliphatic rings. The number of anilines is 1. The number of fused-ring (bicyclic) bond motifs is 1. The molecule has 0 radical (unpaired) electrons. The van der Waals surface area contributed by atoms with Gasteiger partial charge in [0.1, 0.15) is 0 Å². The molecule has 0 spiro atoms. The fourth-order valence-electron chi connectivity index (χ4n) is 1.96. The van der Waals surface area contributed by atoms with Crippen LogP contribution in [0.5, 0.6) is 11.5 Å². The molecule has 1 N–H and O–H groups in total. The lowest BCUT2D eigenvalue weighted by molar-refractivity contribution is -0.111. The van der Waals surface area contributed by atoms with E-state index in [0.29, 0.717) is 27.2 Å². The van der Waals surface area contributed by atoms with Crippen LogP contribution in [-0.4, -0.2) is 12.7 Å². The molecule has 1 heterocycles. The first-order chi connectivity index (χ1) is 10.6. The highest BCUT2D eigenvalue weighted by Crippen LogP contribution is 2.32. The summed E-state index contributed by atoms with van der Waals surface area (Å²) in [5.41, 5.74) is 1.30. The minimum atomic E-state index is -0.304. The van der Waals surface area contributed by atoms with Crippen LogP contribution in [0.15, 0.2) is 42.5 Å². The van der Waals surface area contributed by atoms with Gasteiger partial charge in [-0.2, -0.15) is 0 Å². The van der Waals surface area contributed by atoms with E-state index in [1.165, 1.54) is 6.08 Å². The second-order valence-electron chi connectivity index (χ2n) is 4.56. The fraction of sp³-hybridized carbons (Fsp3) is 0.0625. The van der Waals surface area contributed by atoms with Gasteiger partial charge in [0, 0.05) is 11.1 Å². The van der Waals surface area contributed by atoms with Crippen molar-refractivity contribution in [2.45, 2.75) is 0 Å². The van der Waals surface area contributed by atoms with Crippen molar-refractivity contribution < 1.29 is 14.3 Å². The molecule has 4 nitrogen and oxygen atoms in total. The second kappa shape index (κ2) is 6.30. The first-order valence-electron chi connectivity index (χ1n) is 6.45. The van der Waals surface area contributed by atoms with E-state index in [0.717, 1.165) is 5.56 Å². The van der Waals surface area contributed by atoms with E-state index in [1.54, 1.807) is 36.4 Å². The third-order valence-corrected chi connectivity index (χ3v) is 3.57. The SMILES string of the molecule is O=C(C=Cc1ccc2c(c1)OCO2)Nc1cc(Cl)ccc1Cl. The van der Waals surface area contributed by atoms with E-state index in [9.17, 15) is 4.79 Å². The van der Waals surface area contributed by atoms with Crippen LogP contribution in [0.25, 0.3) is 6.08 Å². The lowest BCUT2D eigenvalue weighted by Crippen LogP contribution is -2.08. The lowest BCUT2D eigenvalue weighted by Gasteiger charge is -2.05. The van der Waals surface area contributed by atoms with E-state index >= 15 is 0 Å². The van der Waals surface area contributed by atoms with Crippen molar-refractivity contribution in [3.05, 3.63) is 58.1 Å². The Morgan fingerprint density at radius 1 is 1.09 bits per heavy atom. The molecule has 1 amide bonds. The van der Waals surface area contributed by atoms with Crippen LogP contribution in [0, 0.1) is 0 Å². The normalized spacial score (nSPS) is 12.6. The van der Waals surface area contributed by atoms with E-state index in [4.69, 9.17) is 32.7 Å². The summed E-state index contributed by atoms with van der Waals surface area (Å²) >= 11 is 11.9. The predicted octanol–water partition coefficient (Wildman–Crippen LogP) is 4.37. The Bertz CT molecular complexity index is 759. The zero-order chi connectivity index (χ0) is 15.5. The van der Waals surface area contributed by atoms with Gasteiger partial charge in [-0.25, -0.2) is 0 Å². The Balaban J connectivity index is 1.70. The average Bonchev–Trinajstić information content (AvgIpc) is 2.96. The van der Waals surface area contributed by atoms with Crippen molar-refractivity contribution in [2.24, 2.45) is 0 Å². The largest absolute Gasteiger partial charge is 0.454 e. The number of benzene rings is 2. The minimum absolute atomic E-state index is 0.219. The smallest absolute Gasteiger partial charge is 0.248 e. The van der Waals surface area contributed by atoms with E-state index < -0.39 is 0 Å². The molecule has 22 heavy (non-hydrogen) atoms. The van der Waals surface area contributed by atoms with Gasteiger partial charge in [-0.15, -0.1) is 0 Å². The summed E-state index contributed by atoms with van der Waals surface area (Å²) in [6.45, 7) is 0.219. The van der Waals surface area contributed by atoms with Gasteiger partial charge in [-0.1, -0.05) is 29.3 Å². The van der Waals surface area contributed by atoms with Crippen LogP contribution in [0.2, 0.25) is 10.0 Å². The summed E-state index contributed by atoms with van der Waals surface area (Å²) in [5.74, 6) is 1.06. The first-order valence-corrected chi connectivity index (χ1v) is 7.21. The van der Waals surface area contributed by atoms with Gasteiger partial charge in [-0.05, 0) is 42.0 Å². The van der Waals surface area contributed by atoms with Crippen LogP contribution >= 0.6 is 23.2 Å². The van der Waals surface area contributed by atoms with Crippen LogP contribution in [0.1, 0.15) is 5.56 Å². The molecule has 6 heteroatoms. The summed E-state index contributed by atoms with van der Waals surface area (Å²) in [4.78, 5) is 11.9. The Kier molecular flexibility index (Phi) is 4.22. The van der Waals surface area contributed by atoms with Crippen molar-refractivity contribution >= 4 is 40.9 Å². The fourth-order valence-corrected chi connectivity index (χ4v) is 2.29. The monoisotopic (exact) mass is 335 g/mol. The Labute approximate surface area is 137 Å². The maximum absolute atomic E-state index is 11.9. The molecule has 0 unspecified atom stereocenters. The third-order valence-electron chi connectivity index (χ3n) is 3.01. The highest BCUT2D eigenvalue weighted by atomic mass is 35.5. The van der Waals surface area contributed by atoms with Gasteiger partial charge < -0.3 is 14.8 Å². The number of halogens is 2. The van der Waals surface area contributed by atoms with Crippen molar-refractivity contribution in [1.29, 1.82) is 0 Å². The van der Waals surface area contributed by atoms with Crippen molar-refractivity contribution in [3.8, 4) is 11.5 Å². The number of carbonyl (C=O) groups excluding carboxylic acids is 1. The predicted molar refractivity (Wildman–Crippen MR) is 86.7 cm³/mol. The summed E-state index contributed by atoms with van der Waals surface area (Å²) in [6.07, 6.45) is 3.09. The molecule has 0 bridgehead atoms. The molecule has 0 saturated carbocycles. The number of carbonyl (C=O) groups is 1. The van der Waals surface area contributed by atoms with Crippen LogP contribution in [0.4, 0.5) is 5.69 Å². The topological polar surface area (TPSA) is 47.6 Å². The van der Waals surface area contributed by atoms with Crippen LogP contribution < -0.4 is 14.8 Å². The van der Waals surface area contributed by atoms with Gasteiger partial charge in [0.05, 0.1) is 10.7 Å². The van der Waals surface area contributed by atoms with Crippen molar-refractivity contribution in [2.75, 3.05) is 12.1 Å². The molecule has 0 aromatic heterocycles. The lowest BCUT2D eigenvalue weighted by atomic mass is 10.2. The number of rotatable bonds is 3. The maximum Gasteiger partial charge on any atom is 0.248 e. The number of ether oxygens (including phenoxy) is 2. The third kappa shape index (κ3) is 3.35. The van der Waals surface area contributed by atoms with E-state index in [1.807, 2.05) is 6.07 Å². The van der Waals surface area contributed by atoms with Gasteiger partial charge in [-0.3, -0.25) is 4.79 Å². The highest BCUT2D eigenvalue weighted by Gasteiger charge is 2.12. The van der Waals surface area contributed by atoms with E-state index in [2.05, 4.69) is 5.32 Å². The molecule has 112 valence electrons. The first kappa shape index (κ1) is 14.8. The molecular weight excluding hydrogens is 325 g/mol. The quantitative estimate of drug-likeness (QED) is 0.847. The summed E-state index contributed by atoms with van der Waals surface area (Å²) in [5, 5.41) is 3.60. The minimum Gasteiger partial charge on any atom is -0.454 e. The number of nitrogens with one attached hydrogen (secondary N) is 1. The Morgan fingerprint density at radius 2 is 1.91 bits per heavy atom. The van der Waals surface area contributed by atoms with Crippen molar-refractivity contribution in [1.82, 2.24) is 0 Å². The molecule has 0 aliphatic carbocycles. The number of amides is 1. The second-order valence-corrected chi connectivity index (χ2v) is 5.40. The number of hydrogen-bond donors (Lipinski definition) is 1.